The first-order valence-corrected chi connectivity index (χ1v) is 3.98. The molecule has 1 aromatic heterocycles. The normalized spacial score (nSPS) is 10.6. The molecule has 0 aromatic carbocycles. The van der Waals surface area contributed by atoms with Crippen LogP contribution in [0.5, 0.6) is 0 Å². The van der Waals surface area contributed by atoms with Crippen LogP contribution in [0.15, 0.2) is 6.20 Å². The Bertz CT molecular complexity index is 258. The van der Waals surface area contributed by atoms with E-state index in [9.17, 15) is 0 Å². The Morgan fingerprint density at radius 1 is 1.45 bits per heavy atom. The van der Waals surface area contributed by atoms with Crippen LogP contribution in [0.1, 0.15) is 31.3 Å². The van der Waals surface area contributed by atoms with Crippen LogP contribution < -0.4 is 0 Å². The second-order valence-corrected chi connectivity index (χ2v) is 3.22. The standard InChI is InChI=1S/C8H11ClN2/c1-5(2)8-10-4-7(9)6(3)11-8/h4-5H,1-3H3. The largest absolute Gasteiger partial charge is 0.240 e. The Balaban J connectivity index is 3.05. The van der Waals surface area contributed by atoms with E-state index in [4.69, 9.17) is 11.6 Å². The van der Waals surface area contributed by atoms with E-state index in [0.717, 1.165) is 11.5 Å². The molecular formula is C8H11ClN2. The molecule has 0 bridgehead atoms. The molecule has 0 unspecified atom stereocenters. The van der Waals surface area contributed by atoms with Crippen molar-refractivity contribution < 1.29 is 0 Å². The molecule has 0 N–H and O–H groups in total. The summed E-state index contributed by atoms with van der Waals surface area (Å²) in [5, 5.41) is 0.634. The summed E-state index contributed by atoms with van der Waals surface area (Å²) in [7, 11) is 0. The summed E-state index contributed by atoms with van der Waals surface area (Å²) in [4.78, 5) is 8.32. The van der Waals surface area contributed by atoms with Gasteiger partial charge in [-0.05, 0) is 6.92 Å². The summed E-state index contributed by atoms with van der Waals surface area (Å²) < 4.78 is 0. The van der Waals surface area contributed by atoms with E-state index in [1.165, 1.54) is 0 Å². The third-order valence-corrected chi connectivity index (χ3v) is 1.83. The average Bonchev–Trinajstić information content (AvgIpc) is 1.94. The molecule has 1 rings (SSSR count). The predicted molar refractivity (Wildman–Crippen MR) is 45.9 cm³/mol. The first kappa shape index (κ1) is 8.47. The highest BCUT2D eigenvalue weighted by Gasteiger charge is 2.03. The van der Waals surface area contributed by atoms with Gasteiger partial charge in [0.25, 0.3) is 0 Å². The van der Waals surface area contributed by atoms with Crippen molar-refractivity contribution in [2.75, 3.05) is 0 Å². The lowest BCUT2D eigenvalue weighted by Gasteiger charge is -2.03. The summed E-state index contributed by atoms with van der Waals surface area (Å²) >= 11 is 5.76. The zero-order valence-corrected chi connectivity index (χ0v) is 7.68. The van der Waals surface area contributed by atoms with E-state index in [1.54, 1.807) is 6.20 Å². The number of rotatable bonds is 1. The van der Waals surface area contributed by atoms with E-state index in [-0.39, 0.29) is 0 Å². The van der Waals surface area contributed by atoms with Crippen LogP contribution in [0.3, 0.4) is 0 Å². The number of aryl methyl sites for hydroxylation is 1. The van der Waals surface area contributed by atoms with Crippen molar-refractivity contribution in [3.05, 3.63) is 22.7 Å². The van der Waals surface area contributed by atoms with Crippen molar-refractivity contribution in [1.82, 2.24) is 9.97 Å². The minimum absolute atomic E-state index is 0.367. The fourth-order valence-corrected chi connectivity index (χ4v) is 0.840. The Kier molecular flexibility index (Phi) is 2.45. The molecule has 0 saturated carbocycles. The average molecular weight is 171 g/mol. The maximum atomic E-state index is 5.76. The first-order valence-electron chi connectivity index (χ1n) is 3.60. The quantitative estimate of drug-likeness (QED) is 0.648. The smallest absolute Gasteiger partial charge is 0.131 e. The van der Waals surface area contributed by atoms with Crippen molar-refractivity contribution in [1.29, 1.82) is 0 Å². The summed E-state index contributed by atoms with van der Waals surface area (Å²) in [6, 6.07) is 0. The van der Waals surface area contributed by atoms with Crippen LogP contribution in [0, 0.1) is 6.92 Å². The van der Waals surface area contributed by atoms with Gasteiger partial charge in [-0.15, -0.1) is 0 Å². The molecule has 0 aliphatic carbocycles. The zero-order valence-electron chi connectivity index (χ0n) is 6.93. The SMILES string of the molecule is Cc1nc(C(C)C)ncc1Cl. The Labute approximate surface area is 71.6 Å². The highest BCUT2D eigenvalue weighted by molar-refractivity contribution is 6.31. The van der Waals surface area contributed by atoms with Crippen LogP contribution in [-0.2, 0) is 0 Å². The molecule has 60 valence electrons. The van der Waals surface area contributed by atoms with Gasteiger partial charge in [0.15, 0.2) is 0 Å². The predicted octanol–water partition coefficient (Wildman–Crippen LogP) is 2.56. The molecule has 0 saturated heterocycles. The molecule has 0 aliphatic rings. The molecular weight excluding hydrogens is 160 g/mol. The number of hydrogen-bond donors (Lipinski definition) is 0. The van der Waals surface area contributed by atoms with Gasteiger partial charge in [0.2, 0.25) is 0 Å². The van der Waals surface area contributed by atoms with Gasteiger partial charge in [-0.2, -0.15) is 0 Å². The van der Waals surface area contributed by atoms with E-state index in [0.29, 0.717) is 10.9 Å². The molecule has 0 aliphatic heterocycles. The second kappa shape index (κ2) is 3.18. The van der Waals surface area contributed by atoms with E-state index < -0.39 is 0 Å². The number of aromatic nitrogens is 2. The van der Waals surface area contributed by atoms with E-state index >= 15 is 0 Å². The van der Waals surface area contributed by atoms with Gasteiger partial charge in [-0.25, -0.2) is 9.97 Å². The minimum Gasteiger partial charge on any atom is -0.240 e. The lowest BCUT2D eigenvalue weighted by atomic mass is 10.2. The van der Waals surface area contributed by atoms with Crippen LogP contribution in [0.25, 0.3) is 0 Å². The van der Waals surface area contributed by atoms with Crippen molar-refractivity contribution in [2.45, 2.75) is 26.7 Å². The highest BCUT2D eigenvalue weighted by atomic mass is 35.5. The van der Waals surface area contributed by atoms with Gasteiger partial charge in [0.1, 0.15) is 5.82 Å². The summed E-state index contributed by atoms with van der Waals surface area (Å²) in [5.74, 6) is 1.22. The maximum absolute atomic E-state index is 5.76. The Hall–Kier alpha value is -0.630. The Morgan fingerprint density at radius 2 is 2.09 bits per heavy atom. The molecule has 2 nitrogen and oxygen atoms in total. The molecule has 0 spiro atoms. The number of halogens is 1. The molecule has 11 heavy (non-hydrogen) atoms. The van der Waals surface area contributed by atoms with Gasteiger partial charge in [-0.1, -0.05) is 25.4 Å². The van der Waals surface area contributed by atoms with Crippen molar-refractivity contribution in [3.63, 3.8) is 0 Å². The van der Waals surface area contributed by atoms with Gasteiger partial charge in [-0.3, -0.25) is 0 Å². The lowest BCUT2D eigenvalue weighted by molar-refractivity contribution is 0.766. The molecule has 0 fully saturated rings. The van der Waals surface area contributed by atoms with Crippen LogP contribution >= 0.6 is 11.6 Å². The third-order valence-electron chi connectivity index (χ3n) is 1.45. The lowest BCUT2D eigenvalue weighted by Crippen LogP contribution is -1.98. The first-order chi connectivity index (χ1) is 5.11. The molecule has 1 aromatic rings. The molecule has 0 atom stereocenters. The fraction of sp³-hybridized carbons (Fsp3) is 0.500. The van der Waals surface area contributed by atoms with Gasteiger partial charge in [0.05, 0.1) is 10.7 Å². The fourth-order valence-electron chi connectivity index (χ4n) is 0.748. The van der Waals surface area contributed by atoms with Gasteiger partial charge in [0, 0.05) is 12.1 Å². The summed E-state index contributed by atoms with van der Waals surface area (Å²) in [5.41, 5.74) is 0.852. The van der Waals surface area contributed by atoms with Crippen LogP contribution in [0.2, 0.25) is 5.02 Å². The third kappa shape index (κ3) is 1.90. The molecule has 0 radical (unpaired) electrons. The van der Waals surface area contributed by atoms with Gasteiger partial charge < -0.3 is 0 Å². The van der Waals surface area contributed by atoms with Crippen LogP contribution in [-0.4, -0.2) is 9.97 Å². The molecule has 1 heterocycles. The topological polar surface area (TPSA) is 25.8 Å². The second-order valence-electron chi connectivity index (χ2n) is 2.82. The monoisotopic (exact) mass is 170 g/mol. The van der Waals surface area contributed by atoms with Crippen molar-refractivity contribution in [2.24, 2.45) is 0 Å². The summed E-state index contributed by atoms with van der Waals surface area (Å²) in [6.45, 7) is 6.00. The van der Waals surface area contributed by atoms with Gasteiger partial charge >= 0.3 is 0 Å². The maximum Gasteiger partial charge on any atom is 0.131 e. The van der Waals surface area contributed by atoms with Crippen molar-refractivity contribution >= 4 is 11.6 Å². The molecule has 0 amide bonds. The Morgan fingerprint density at radius 3 is 2.55 bits per heavy atom. The van der Waals surface area contributed by atoms with E-state index in [1.807, 2.05) is 6.92 Å². The van der Waals surface area contributed by atoms with Crippen LogP contribution in [0.4, 0.5) is 0 Å². The highest BCUT2D eigenvalue weighted by Crippen LogP contribution is 2.14. The molecule has 3 heteroatoms. The zero-order chi connectivity index (χ0) is 8.43. The summed E-state index contributed by atoms with van der Waals surface area (Å²) in [6.07, 6.45) is 1.65. The number of nitrogens with zero attached hydrogens (tertiary/aromatic N) is 2. The number of hydrogen-bond acceptors (Lipinski definition) is 2. The van der Waals surface area contributed by atoms with Crippen molar-refractivity contribution in [3.8, 4) is 0 Å². The minimum atomic E-state index is 0.367. The van der Waals surface area contributed by atoms with E-state index in [2.05, 4.69) is 23.8 Å².